The number of anilines is 1. The van der Waals surface area contributed by atoms with Crippen molar-refractivity contribution in [3.8, 4) is 0 Å². The molecule has 1 aliphatic carbocycles. The van der Waals surface area contributed by atoms with Gasteiger partial charge in [0.25, 0.3) is 0 Å². The minimum absolute atomic E-state index is 0.497. The molecule has 4 nitrogen and oxygen atoms in total. The van der Waals surface area contributed by atoms with Gasteiger partial charge in [-0.05, 0) is 38.3 Å². The average molecular weight is 299 g/mol. The Labute approximate surface area is 132 Å². The Morgan fingerprint density at radius 3 is 2.91 bits per heavy atom. The third-order valence-electron chi connectivity index (χ3n) is 4.31. The summed E-state index contributed by atoms with van der Waals surface area (Å²) < 4.78 is 5.95. The minimum Gasteiger partial charge on any atom is -0.378 e. The van der Waals surface area contributed by atoms with Crippen LogP contribution < -0.4 is 5.32 Å². The van der Waals surface area contributed by atoms with Gasteiger partial charge in [-0.25, -0.2) is 9.97 Å². The van der Waals surface area contributed by atoms with Gasteiger partial charge >= 0.3 is 0 Å². The van der Waals surface area contributed by atoms with E-state index in [0.717, 1.165) is 36.3 Å². The van der Waals surface area contributed by atoms with Crippen LogP contribution in [0.1, 0.15) is 44.1 Å². The average Bonchev–Trinajstić information content (AvgIpc) is 2.56. The van der Waals surface area contributed by atoms with E-state index in [-0.39, 0.29) is 0 Å². The minimum atomic E-state index is 0.497. The van der Waals surface area contributed by atoms with E-state index in [1.165, 1.54) is 37.7 Å². The van der Waals surface area contributed by atoms with Crippen molar-refractivity contribution in [1.82, 2.24) is 9.97 Å². The number of aryl methyl sites for hydroxylation is 1. The zero-order valence-electron chi connectivity index (χ0n) is 13.3. The Morgan fingerprint density at radius 1 is 1.18 bits per heavy atom. The highest BCUT2D eigenvalue weighted by molar-refractivity contribution is 5.89. The van der Waals surface area contributed by atoms with Crippen LogP contribution in [0, 0.1) is 6.92 Å². The summed E-state index contributed by atoms with van der Waals surface area (Å²) in [4.78, 5) is 8.69. The van der Waals surface area contributed by atoms with Crippen LogP contribution in [0.2, 0.25) is 0 Å². The molecule has 0 amide bonds. The van der Waals surface area contributed by atoms with E-state index in [0.29, 0.717) is 6.10 Å². The third-order valence-corrected chi connectivity index (χ3v) is 4.31. The lowest BCUT2D eigenvalue weighted by atomic mass is 9.98. The maximum absolute atomic E-state index is 5.95. The number of nitrogens with one attached hydrogen (secondary N) is 1. The highest BCUT2D eigenvalue weighted by Gasteiger charge is 2.13. The number of nitrogens with zero attached hydrogens (tertiary/aromatic N) is 2. The predicted molar refractivity (Wildman–Crippen MR) is 90.2 cm³/mol. The third kappa shape index (κ3) is 3.95. The van der Waals surface area contributed by atoms with Crippen molar-refractivity contribution in [2.24, 2.45) is 0 Å². The molecule has 0 bridgehead atoms. The van der Waals surface area contributed by atoms with Gasteiger partial charge in [-0.15, -0.1) is 0 Å². The molecule has 0 aliphatic heterocycles. The molecule has 118 valence electrons. The molecule has 2 aromatic rings. The van der Waals surface area contributed by atoms with Crippen LogP contribution in [0.4, 0.5) is 5.82 Å². The van der Waals surface area contributed by atoms with Crippen molar-refractivity contribution in [3.05, 3.63) is 30.1 Å². The zero-order chi connectivity index (χ0) is 15.2. The highest BCUT2D eigenvalue weighted by Crippen LogP contribution is 2.21. The zero-order valence-corrected chi connectivity index (χ0v) is 13.3. The van der Waals surface area contributed by atoms with Crippen molar-refractivity contribution in [2.45, 2.75) is 51.6 Å². The Balaban J connectivity index is 1.48. The molecule has 1 aromatic carbocycles. The molecule has 0 radical (unpaired) electrons. The number of benzene rings is 1. The van der Waals surface area contributed by atoms with Gasteiger partial charge < -0.3 is 10.1 Å². The van der Waals surface area contributed by atoms with E-state index >= 15 is 0 Å². The number of aromatic nitrogens is 2. The van der Waals surface area contributed by atoms with E-state index < -0.39 is 0 Å². The van der Waals surface area contributed by atoms with Crippen LogP contribution in [0.3, 0.4) is 0 Å². The fraction of sp³-hybridized carbons (Fsp3) is 0.556. The van der Waals surface area contributed by atoms with Crippen molar-refractivity contribution in [3.63, 3.8) is 0 Å². The molecular weight excluding hydrogens is 274 g/mol. The van der Waals surface area contributed by atoms with E-state index in [9.17, 15) is 0 Å². The Hall–Kier alpha value is -1.68. The quantitative estimate of drug-likeness (QED) is 0.816. The van der Waals surface area contributed by atoms with Crippen LogP contribution >= 0.6 is 0 Å². The summed E-state index contributed by atoms with van der Waals surface area (Å²) in [7, 11) is 0. The SMILES string of the molecule is Cc1ccc2ncnc(NCCCOC3CCCCC3)c2c1. The first-order chi connectivity index (χ1) is 10.8. The molecule has 1 heterocycles. The molecule has 0 spiro atoms. The first-order valence-electron chi connectivity index (χ1n) is 8.40. The molecule has 3 rings (SSSR count). The second kappa shape index (κ2) is 7.54. The van der Waals surface area contributed by atoms with E-state index in [4.69, 9.17) is 4.74 Å². The predicted octanol–water partition coefficient (Wildman–Crippen LogP) is 4.09. The Bertz CT molecular complexity index is 608. The molecule has 0 saturated heterocycles. The summed E-state index contributed by atoms with van der Waals surface area (Å²) in [6.07, 6.45) is 9.64. The van der Waals surface area contributed by atoms with Crippen molar-refractivity contribution in [2.75, 3.05) is 18.5 Å². The summed E-state index contributed by atoms with van der Waals surface area (Å²) in [5.41, 5.74) is 2.22. The largest absolute Gasteiger partial charge is 0.378 e. The van der Waals surface area contributed by atoms with Crippen LogP contribution in [0.25, 0.3) is 10.9 Å². The van der Waals surface area contributed by atoms with Crippen LogP contribution in [0.15, 0.2) is 24.5 Å². The summed E-state index contributed by atoms with van der Waals surface area (Å²) in [6.45, 7) is 3.81. The van der Waals surface area contributed by atoms with Crippen molar-refractivity contribution in [1.29, 1.82) is 0 Å². The van der Waals surface area contributed by atoms with E-state index in [2.05, 4.69) is 34.3 Å². The van der Waals surface area contributed by atoms with Crippen LogP contribution in [-0.2, 0) is 4.74 Å². The lowest BCUT2D eigenvalue weighted by Gasteiger charge is -2.22. The summed E-state index contributed by atoms with van der Waals surface area (Å²) >= 11 is 0. The normalized spacial score (nSPS) is 16.0. The van der Waals surface area contributed by atoms with Crippen LogP contribution in [0.5, 0.6) is 0 Å². The summed E-state index contributed by atoms with van der Waals surface area (Å²) in [6, 6.07) is 6.26. The van der Waals surface area contributed by atoms with Crippen molar-refractivity contribution >= 4 is 16.7 Å². The molecule has 22 heavy (non-hydrogen) atoms. The Kier molecular flexibility index (Phi) is 5.22. The standard InChI is InChI=1S/C18H25N3O/c1-14-8-9-17-16(12-14)18(21-13-20-17)19-10-5-11-22-15-6-3-2-4-7-15/h8-9,12-13,15H,2-7,10-11H2,1H3,(H,19,20,21). The second-order valence-corrected chi connectivity index (χ2v) is 6.15. The number of hydrogen-bond acceptors (Lipinski definition) is 4. The van der Waals surface area contributed by atoms with Gasteiger partial charge in [0.05, 0.1) is 11.6 Å². The molecule has 1 saturated carbocycles. The fourth-order valence-electron chi connectivity index (χ4n) is 3.07. The van der Waals surface area contributed by atoms with Crippen molar-refractivity contribution < 1.29 is 4.74 Å². The maximum Gasteiger partial charge on any atom is 0.137 e. The van der Waals surface area contributed by atoms with Gasteiger partial charge in [0, 0.05) is 18.5 Å². The Morgan fingerprint density at radius 2 is 2.05 bits per heavy atom. The van der Waals surface area contributed by atoms with Gasteiger partial charge in [0.2, 0.25) is 0 Å². The molecule has 1 aromatic heterocycles. The lowest BCUT2D eigenvalue weighted by Crippen LogP contribution is -2.18. The number of fused-ring (bicyclic) bond motifs is 1. The first kappa shape index (κ1) is 15.2. The maximum atomic E-state index is 5.95. The molecular formula is C18H25N3O. The van der Waals surface area contributed by atoms with Gasteiger partial charge in [0.15, 0.2) is 0 Å². The molecule has 1 aliphatic rings. The molecule has 0 unspecified atom stereocenters. The smallest absolute Gasteiger partial charge is 0.137 e. The lowest BCUT2D eigenvalue weighted by molar-refractivity contribution is 0.0284. The van der Waals surface area contributed by atoms with Gasteiger partial charge in [-0.1, -0.05) is 30.9 Å². The van der Waals surface area contributed by atoms with Gasteiger partial charge in [-0.2, -0.15) is 0 Å². The second-order valence-electron chi connectivity index (χ2n) is 6.15. The number of ether oxygens (including phenoxy) is 1. The molecule has 0 atom stereocenters. The van der Waals surface area contributed by atoms with Crippen LogP contribution in [-0.4, -0.2) is 29.2 Å². The van der Waals surface area contributed by atoms with Gasteiger partial charge in [-0.3, -0.25) is 0 Å². The topological polar surface area (TPSA) is 47.0 Å². The van der Waals surface area contributed by atoms with Gasteiger partial charge in [0.1, 0.15) is 12.1 Å². The molecule has 4 heteroatoms. The molecule has 1 fully saturated rings. The monoisotopic (exact) mass is 299 g/mol. The number of rotatable bonds is 6. The van der Waals surface area contributed by atoms with E-state index in [1.54, 1.807) is 6.33 Å². The molecule has 1 N–H and O–H groups in total. The summed E-state index contributed by atoms with van der Waals surface area (Å²) in [5, 5.41) is 4.51. The first-order valence-corrected chi connectivity index (χ1v) is 8.40. The highest BCUT2D eigenvalue weighted by atomic mass is 16.5. The fourth-order valence-corrected chi connectivity index (χ4v) is 3.07. The number of hydrogen-bond donors (Lipinski definition) is 1. The summed E-state index contributed by atoms with van der Waals surface area (Å²) in [5.74, 6) is 0.923. The van der Waals surface area contributed by atoms with E-state index in [1.807, 2.05) is 6.07 Å².